The SMILES string of the molecule is CC(CCC(=O)O)C1CCC2C3C(=O)CC4CC(O)CCC45CC35CC(=O)C12C. The molecular formula is C24H34O5. The first kappa shape index (κ1) is 19.7. The molecule has 160 valence electrons. The van der Waals surface area contributed by atoms with E-state index in [0.717, 1.165) is 38.5 Å². The Morgan fingerprint density at radius 1 is 1.21 bits per heavy atom. The number of carboxylic acid groups (broad SMARTS) is 1. The third kappa shape index (κ3) is 2.40. The third-order valence-corrected chi connectivity index (χ3v) is 10.5. The van der Waals surface area contributed by atoms with Crippen molar-refractivity contribution in [1.29, 1.82) is 0 Å². The molecule has 0 aromatic carbocycles. The highest BCUT2D eigenvalue weighted by Crippen LogP contribution is 2.84. The summed E-state index contributed by atoms with van der Waals surface area (Å²) in [4.78, 5) is 38.2. The van der Waals surface area contributed by atoms with E-state index in [9.17, 15) is 19.5 Å². The van der Waals surface area contributed by atoms with Crippen molar-refractivity contribution < 1.29 is 24.6 Å². The molecule has 0 radical (unpaired) electrons. The monoisotopic (exact) mass is 402 g/mol. The Morgan fingerprint density at radius 3 is 2.69 bits per heavy atom. The summed E-state index contributed by atoms with van der Waals surface area (Å²) in [5.74, 6) is 0.666. The van der Waals surface area contributed by atoms with Crippen LogP contribution in [0.25, 0.3) is 0 Å². The molecule has 2 N–H and O–H groups in total. The van der Waals surface area contributed by atoms with E-state index in [1.54, 1.807) is 0 Å². The second-order valence-corrected chi connectivity index (χ2v) is 11.3. The third-order valence-electron chi connectivity index (χ3n) is 10.5. The highest BCUT2D eigenvalue weighted by Gasteiger charge is 2.81. The number of carbonyl (C=O) groups is 3. The first-order valence-electron chi connectivity index (χ1n) is 11.6. The van der Waals surface area contributed by atoms with Gasteiger partial charge in [-0.2, -0.15) is 0 Å². The van der Waals surface area contributed by atoms with Crippen LogP contribution in [0, 0.1) is 45.8 Å². The van der Waals surface area contributed by atoms with Crippen LogP contribution in [0.15, 0.2) is 0 Å². The van der Waals surface area contributed by atoms with Gasteiger partial charge in [-0.05, 0) is 79.4 Å². The molecule has 0 bridgehead atoms. The molecule has 5 rings (SSSR count). The van der Waals surface area contributed by atoms with Gasteiger partial charge in [0.2, 0.25) is 0 Å². The normalized spacial score (nSPS) is 51.5. The van der Waals surface area contributed by atoms with Crippen molar-refractivity contribution in [2.45, 2.75) is 84.2 Å². The molecule has 0 amide bonds. The fraction of sp³-hybridized carbons (Fsp3) is 0.875. The van der Waals surface area contributed by atoms with Crippen molar-refractivity contribution in [1.82, 2.24) is 0 Å². The van der Waals surface area contributed by atoms with Crippen LogP contribution in [-0.4, -0.2) is 33.9 Å². The van der Waals surface area contributed by atoms with Gasteiger partial charge >= 0.3 is 5.97 Å². The zero-order valence-corrected chi connectivity index (χ0v) is 17.7. The van der Waals surface area contributed by atoms with Gasteiger partial charge in [-0.3, -0.25) is 14.4 Å². The summed E-state index contributed by atoms with van der Waals surface area (Å²) in [7, 11) is 0. The predicted molar refractivity (Wildman–Crippen MR) is 106 cm³/mol. The lowest BCUT2D eigenvalue weighted by molar-refractivity contribution is -0.158. The number of carbonyl (C=O) groups excluding carboxylic acids is 2. The number of hydrogen-bond donors (Lipinski definition) is 2. The Hall–Kier alpha value is -1.23. The Morgan fingerprint density at radius 2 is 1.97 bits per heavy atom. The summed E-state index contributed by atoms with van der Waals surface area (Å²) in [5, 5.41) is 19.3. The Bertz CT molecular complexity index is 775. The number of fused-ring (bicyclic) bond motifs is 2. The number of Topliss-reactive ketones (excluding diaryl/α,β-unsaturated/α-hetero) is 2. The first-order valence-corrected chi connectivity index (χ1v) is 11.6. The number of aliphatic hydroxyl groups is 1. The average Bonchev–Trinajstić information content (AvgIpc) is 3.15. The van der Waals surface area contributed by atoms with E-state index in [2.05, 4.69) is 13.8 Å². The Labute approximate surface area is 172 Å². The molecule has 0 aromatic heterocycles. The quantitative estimate of drug-likeness (QED) is 0.749. The summed E-state index contributed by atoms with van der Waals surface area (Å²) >= 11 is 0. The van der Waals surface area contributed by atoms with E-state index in [1.807, 2.05) is 0 Å². The van der Waals surface area contributed by atoms with Crippen LogP contribution in [0.5, 0.6) is 0 Å². The molecule has 5 nitrogen and oxygen atoms in total. The molecule has 5 saturated carbocycles. The predicted octanol–water partition coefficient (Wildman–Crippen LogP) is 3.62. The number of rotatable bonds is 4. The first-order chi connectivity index (χ1) is 13.7. The maximum absolute atomic E-state index is 13.7. The molecule has 9 unspecified atom stereocenters. The molecule has 5 fully saturated rings. The lowest BCUT2D eigenvalue weighted by Gasteiger charge is -2.54. The number of aliphatic carboxylic acids is 1. The van der Waals surface area contributed by atoms with E-state index in [4.69, 9.17) is 5.11 Å². The topological polar surface area (TPSA) is 91.7 Å². The number of hydrogen-bond acceptors (Lipinski definition) is 4. The van der Waals surface area contributed by atoms with Crippen molar-refractivity contribution in [3.8, 4) is 0 Å². The van der Waals surface area contributed by atoms with Crippen molar-refractivity contribution in [3.63, 3.8) is 0 Å². The number of carboxylic acids is 1. The smallest absolute Gasteiger partial charge is 0.303 e. The number of aliphatic hydroxyl groups excluding tert-OH is 1. The molecule has 0 aliphatic heterocycles. The minimum atomic E-state index is -0.779. The van der Waals surface area contributed by atoms with Gasteiger partial charge in [0.15, 0.2) is 0 Å². The minimum Gasteiger partial charge on any atom is -0.481 e. The zero-order valence-electron chi connectivity index (χ0n) is 17.7. The van der Waals surface area contributed by atoms with Crippen molar-refractivity contribution in [2.75, 3.05) is 0 Å². The minimum absolute atomic E-state index is 0.00775. The zero-order chi connectivity index (χ0) is 20.8. The van der Waals surface area contributed by atoms with Crippen molar-refractivity contribution >= 4 is 17.5 Å². The van der Waals surface area contributed by atoms with Crippen molar-refractivity contribution in [2.24, 2.45) is 45.8 Å². The van der Waals surface area contributed by atoms with E-state index in [-0.39, 0.29) is 52.9 Å². The molecule has 0 heterocycles. The molecule has 5 aliphatic rings. The fourth-order valence-corrected chi connectivity index (χ4v) is 9.11. The van der Waals surface area contributed by atoms with E-state index in [0.29, 0.717) is 30.8 Å². The van der Waals surface area contributed by atoms with Crippen LogP contribution in [-0.2, 0) is 14.4 Å². The Kier molecular flexibility index (Phi) is 4.18. The molecule has 5 aliphatic carbocycles. The molecule has 9 atom stereocenters. The van der Waals surface area contributed by atoms with Gasteiger partial charge in [-0.1, -0.05) is 13.8 Å². The summed E-state index contributed by atoms with van der Waals surface area (Å²) in [5.41, 5.74) is -0.489. The second kappa shape index (κ2) is 6.15. The summed E-state index contributed by atoms with van der Waals surface area (Å²) < 4.78 is 0. The molecular weight excluding hydrogens is 368 g/mol. The molecule has 0 aromatic rings. The van der Waals surface area contributed by atoms with Gasteiger partial charge in [-0.15, -0.1) is 0 Å². The van der Waals surface area contributed by atoms with Gasteiger partial charge in [0, 0.05) is 30.6 Å². The van der Waals surface area contributed by atoms with Crippen LogP contribution >= 0.6 is 0 Å². The highest BCUT2D eigenvalue weighted by molar-refractivity contribution is 5.94. The van der Waals surface area contributed by atoms with Gasteiger partial charge in [0.25, 0.3) is 0 Å². The lowest BCUT2D eigenvalue weighted by atomic mass is 9.48. The van der Waals surface area contributed by atoms with Crippen LogP contribution < -0.4 is 0 Å². The molecule has 2 spiro atoms. The molecule has 5 heteroatoms. The maximum atomic E-state index is 13.7. The summed E-state index contributed by atoms with van der Waals surface area (Å²) in [6.45, 7) is 4.19. The van der Waals surface area contributed by atoms with E-state index >= 15 is 0 Å². The largest absolute Gasteiger partial charge is 0.481 e. The van der Waals surface area contributed by atoms with Gasteiger partial charge in [0.1, 0.15) is 11.6 Å². The van der Waals surface area contributed by atoms with Crippen LogP contribution in [0.2, 0.25) is 0 Å². The highest BCUT2D eigenvalue weighted by atomic mass is 16.4. The number of ketones is 2. The van der Waals surface area contributed by atoms with E-state index in [1.165, 1.54) is 0 Å². The van der Waals surface area contributed by atoms with E-state index < -0.39 is 11.4 Å². The van der Waals surface area contributed by atoms with Crippen LogP contribution in [0.4, 0.5) is 0 Å². The standard InChI is InChI=1S/C24H34O5/c1-13(3-6-20(28)29)16-4-5-17-21-18(26)10-14-9-15(25)7-8-23(14)12-24(21,23)11-19(27)22(16,17)2/h13-17,21,25H,3-12H2,1-2H3,(H,28,29). The second-order valence-electron chi connectivity index (χ2n) is 11.3. The lowest BCUT2D eigenvalue weighted by Crippen LogP contribution is -2.57. The van der Waals surface area contributed by atoms with Crippen LogP contribution in [0.3, 0.4) is 0 Å². The van der Waals surface area contributed by atoms with Crippen molar-refractivity contribution in [3.05, 3.63) is 0 Å². The summed E-state index contributed by atoms with van der Waals surface area (Å²) in [6, 6.07) is 0. The molecule has 0 saturated heterocycles. The average molecular weight is 403 g/mol. The fourth-order valence-electron chi connectivity index (χ4n) is 9.11. The maximum Gasteiger partial charge on any atom is 0.303 e. The van der Waals surface area contributed by atoms with Crippen LogP contribution in [0.1, 0.15) is 78.1 Å². The van der Waals surface area contributed by atoms with Gasteiger partial charge < -0.3 is 10.2 Å². The van der Waals surface area contributed by atoms with Gasteiger partial charge in [0.05, 0.1) is 6.10 Å². The van der Waals surface area contributed by atoms with Gasteiger partial charge in [-0.25, -0.2) is 0 Å². The molecule has 29 heavy (non-hydrogen) atoms. The Balaban J connectivity index is 1.46. The summed E-state index contributed by atoms with van der Waals surface area (Å²) in [6.07, 6.45) is 6.94.